The van der Waals surface area contributed by atoms with Gasteiger partial charge in [-0.1, -0.05) is 0 Å². The number of carbonyl (C=O) groups is 3. The van der Waals surface area contributed by atoms with E-state index in [4.69, 9.17) is 4.74 Å². The second-order valence-corrected chi connectivity index (χ2v) is 9.11. The van der Waals surface area contributed by atoms with E-state index in [-0.39, 0.29) is 35.8 Å². The summed E-state index contributed by atoms with van der Waals surface area (Å²) < 4.78 is 19.9. The lowest BCUT2D eigenvalue weighted by Gasteiger charge is -2.27. The second-order valence-electron chi connectivity index (χ2n) is 9.11. The summed E-state index contributed by atoms with van der Waals surface area (Å²) in [5.74, 6) is -0.942. The first-order valence-electron chi connectivity index (χ1n) is 10.9. The predicted molar refractivity (Wildman–Crippen MR) is 117 cm³/mol. The number of amides is 4. The molecular formula is C22H34FN5O4. The van der Waals surface area contributed by atoms with Gasteiger partial charge in [-0.15, -0.1) is 0 Å². The number of halogens is 1. The van der Waals surface area contributed by atoms with Gasteiger partial charge in [0.25, 0.3) is 5.91 Å². The van der Waals surface area contributed by atoms with Crippen LogP contribution < -0.4 is 10.7 Å². The molecule has 0 aliphatic carbocycles. The number of hydrogen-bond donors (Lipinski definition) is 2. The van der Waals surface area contributed by atoms with E-state index in [2.05, 4.69) is 15.7 Å². The van der Waals surface area contributed by atoms with Crippen molar-refractivity contribution >= 4 is 18.0 Å². The summed E-state index contributed by atoms with van der Waals surface area (Å²) in [7, 11) is 0. The summed E-state index contributed by atoms with van der Waals surface area (Å²) in [6.07, 6.45) is 2.38. The van der Waals surface area contributed by atoms with Crippen molar-refractivity contribution in [2.24, 2.45) is 0 Å². The maximum atomic E-state index is 14.8. The Morgan fingerprint density at radius 1 is 1.28 bits per heavy atom. The van der Waals surface area contributed by atoms with Gasteiger partial charge in [0.1, 0.15) is 11.4 Å². The normalized spacial score (nSPS) is 19.3. The van der Waals surface area contributed by atoms with E-state index in [1.54, 1.807) is 39.5 Å². The molecule has 1 fully saturated rings. The fraction of sp³-hybridized carbons (Fsp3) is 0.636. The summed E-state index contributed by atoms with van der Waals surface area (Å²) in [4.78, 5) is 43.1. The number of nitrogens with zero attached hydrogens (tertiary/aromatic N) is 3. The minimum Gasteiger partial charge on any atom is -0.443 e. The van der Waals surface area contributed by atoms with Gasteiger partial charge in [-0.05, 0) is 67.4 Å². The zero-order valence-electron chi connectivity index (χ0n) is 19.9. The topological polar surface area (TPSA) is 104 Å². The Morgan fingerprint density at radius 3 is 2.38 bits per heavy atom. The van der Waals surface area contributed by atoms with Crippen molar-refractivity contribution in [3.05, 3.63) is 29.3 Å². The zero-order chi connectivity index (χ0) is 24.2. The summed E-state index contributed by atoms with van der Waals surface area (Å²) >= 11 is 0. The minimum absolute atomic E-state index is 0.00857. The number of hydrogen-bond acceptors (Lipinski definition) is 5. The maximum Gasteiger partial charge on any atom is 0.426 e. The van der Waals surface area contributed by atoms with Gasteiger partial charge in [0.15, 0.2) is 0 Å². The van der Waals surface area contributed by atoms with Gasteiger partial charge in [0.2, 0.25) is 0 Å². The van der Waals surface area contributed by atoms with Crippen LogP contribution in [0.25, 0.3) is 0 Å². The Hall–Kier alpha value is -2.91. The predicted octanol–water partition coefficient (Wildman–Crippen LogP) is 3.77. The summed E-state index contributed by atoms with van der Waals surface area (Å²) in [5, 5.41) is 3.62. The van der Waals surface area contributed by atoms with Crippen LogP contribution in [0.15, 0.2) is 12.3 Å². The molecular weight excluding hydrogens is 417 g/mol. The van der Waals surface area contributed by atoms with Crippen LogP contribution in [0.2, 0.25) is 0 Å². The number of pyridine rings is 1. The Morgan fingerprint density at radius 2 is 1.88 bits per heavy atom. The standard InChI is InChI=1S/C22H34FN5O4/c1-8-27(26-21(31)32-22(5,6)7)20(30)25-15(4)18-17(23)11-16(12-24-18)19(29)28-13(2)9-10-14(28)3/h11-15H,8-10H2,1-7H3,(H,25,30)(H,26,31)/t13-,14+,15-/m1/s1. The number of aromatic nitrogens is 1. The molecule has 0 unspecified atom stereocenters. The molecule has 1 aromatic heterocycles. The van der Waals surface area contributed by atoms with E-state index in [1.165, 1.54) is 6.20 Å². The monoisotopic (exact) mass is 451 g/mol. The number of urea groups is 1. The lowest BCUT2D eigenvalue weighted by atomic mass is 10.1. The molecule has 0 radical (unpaired) electrons. The van der Waals surface area contributed by atoms with E-state index in [1.807, 2.05) is 13.8 Å². The maximum absolute atomic E-state index is 14.8. The Bertz CT molecular complexity index is 847. The van der Waals surface area contributed by atoms with Crippen molar-refractivity contribution in [3.8, 4) is 0 Å². The molecule has 1 aromatic rings. The van der Waals surface area contributed by atoms with Crippen LogP contribution in [0.1, 0.15) is 83.4 Å². The number of ether oxygens (including phenoxy) is 1. The van der Waals surface area contributed by atoms with Gasteiger partial charge in [-0.3, -0.25) is 9.78 Å². The number of likely N-dealkylation sites (tertiary alicyclic amines) is 1. The lowest BCUT2D eigenvalue weighted by Crippen LogP contribution is -2.52. The quantitative estimate of drug-likeness (QED) is 0.679. The highest BCUT2D eigenvalue weighted by Gasteiger charge is 2.32. The van der Waals surface area contributed by atoms with Gasteiger partial charge >= 0.3 is 12.1 Å². The summed E-state index contributed by atoms with van der Waals surface area (Å²) in [5.41, 5.74) is 1.80. The summed E-state index contributed by atoms with van der Waals surface area (Å²) in [6.45, 7) is 12.5. The van der Waals surface area contributed by atoms with Crippen LogP contribution in [-0.2, 0) is 4.74 Å². The summed E-state index contributed by atoms with van der Waals surface area (Å²) in [6, 6.07) is -0.105. The van der Waals surface area contributed by atoms with Crippen LogP contribution in [-0.4, -0.2) is 57.2 Å². The molecule has 1 aliphatic heterocycles. The first kappa shape index (κ1) is 25.4. The molecule has 1 aliphatic rings. The largest absolute Gasteiger partial charge is 0.443 e. The van der Waals surface area contributed by atoms with Gasteiger partial charge in [-0.2, -0.15) is 0 Å². The van der Waals surface area contributed by atoms with Crippen molar-refractivity contribution in [3.63, 3.8) is 0 Å². The van der Waals surface area contributed by atoms with E-state index in [9.17, 15) is 18.8 Å². The zero-order valence-corrected chi connectivity index (χ0v) is 19.9. The molecule has 1 saturated heterocycles. The SMILES string of the molecule is CCN(NC(=O)OC(C)(C)C)C(=O)N[C@H](C)c1ncc(C(=O)N2[C@H](C)CC[C@@H]2C)cc1F. The van der Waals surface area contributed by atoms with Crippen LogP contribution in [0.3, 0.4) is 0 Å². The molecule has 0 saturated carbocycles. The van der Waals surface area contributed by atoms with Crippen molar-refractivity contribution in [1.29, 1.82) is 0 Å². The molecule has 0 bridgehead atoms. The average Bonchev–Trinajstić information content (AvgIpc) is 3.01. The van der Waals surface area contributed by atoms with Crippen molar-refractivity contribution in [1.82, 2.24) is 25.6 Å². The van der Waals surface area contributed by atoms with Gasteiger partial charge in [0.05, 0.1) is 17.3 Å². The highest BCUT2D eigenvalue weighted by Crippen LogP contribution is 2.26. The molecule has 9 nitrogen and oxygen atoms in total. The van der Waals surface area contributed by atoms with Crippen LogP contribution in [0.5, 0.6) is 0 Å². The first-order chi connectivity index (χ1) is 14.8. The molecule has 3 atom stereocenters. The van der Waals surface area contributed by atoms with E-state index in [0.717, 1.165) is 23.9 Å². The second kappa shape index (κ2) is 10.1. The number of hydrazine groups is 1. The minimum atomic E-state index is -0.800. The molecule has 0 aromatic carbocycles. The third-order valence-electron chi connectivity index (χ3n) is 5.24. The Labute approximate surface area is 188 Å². The number of carbonyl (C=O) groups excluding carboxylic acids is 3. The number of nitrogens with one attached hydrogen (secondary N) is 2. The first-order valence-corrected chi connectivity index (χ1v) is 10.9. The smallest absolute Gasteiger partial charge is 0.426 e. The van der Waals surface area contributed by atoms with E-state index in [0.29, 0.717) is 0 Å². The van der Waals surface area contributed by atoms with Crippen molar-refractivity contribution < 1.29 is 23.5 Å². The van der Waals surface area contributed by atoms with Gasteiger partial charge < -0.3 is 15.0 Å². The van der Waals surface area contributed by atoms with Gasteiger partial charge in [-0.25, -0.2) is 24.4 Å². The molecule has 0 spiro atoms. The molecule has 10 heteroatoms. The third-order valence-corrected chi connectivity index (χ3v) is 5.24. The molecule has 32 heavy (non-hydrogen) atoms. The Balaban J connectivity index is 2.06. The highest BCUT2D eigenvalue weighted by atomic mass is 19.1. The molecule has 178 valence electrons. The van der Waals surface area contributed by atoms with Crippen LogP contribution in [0, 0.1) is 5.82 Å². The van der Waals surface area contributed by atoms with Crippen molar-refractivity contribution in [2.45, 2.75) is 85.0 Å². The molecule has 2 N–H and O–H groups in total. The highest BCUT2D eigenvalue weighted by molar-refractivity contribution is 5.94. The molecule has 2 rings (SSSR count). The third kappa shape index (κ3) is 6.30. The van der Waals surface area contributed by atoms with Gasteiger partial charge in [0, 0.05) is 24.8 Å². The lowest BCUT2D eigenvalue weighted by molar-refractivity contribution is 0.0381. The van der Waals surface area contributed by atoms with Crippen LogP contribution >= 0.6 is 0 Å². The van der Waals surface area contributed by atoms with E-state index < -0.39 is 29.6 Å². The Kier molecular flexibility index (Phi) is 8.03. The fourth-order valence-corrected chi connectivity index (χ4v) is 3.64. The molecule has 4 amide bonds. The number of rotatable bonds is 4. The van der Waals surface area contributed by atoms with E-state index >= 15 is 0 Å². The van der Waals surface area contributed by atoms with Crippen LogP contribution in [0.4, 0.5) is 14.0 Å². The fourth-order valence-electron chi connectivity index (χ4n) is 3.64. The van der Waals surface area contributed by atoms with Crippen molar-refractivity contribution in [2.75, 3.05) is 6.54 Å². The molecule has 2 heterocycles. The average molecular weight is 452 g/mol.